The smallest absolute Gasteiger partial charge is 0.301 e. The van der Waals surface area contributed by atoms with Gasteiger partial charge in [-0.05, 0) is 0 Å². The third-order valence-corrected chi connectivity index (χ3v) is 1.41. The molecule has 1 aromatic carbocycles. The van der Waals surface area contributed by atoms with Gasteiger partial charge in [0.2, 0.25) is 7.28 Å². The summed E-state index contributed by atoms with van der Waals surface area (Å²) in [6, 6.07) is 9.76. The third-order valence-electron chi connectivity index (χ3n) is 1.41. The normalized spacial score (nSPS) is 9.08. The van der Waals surface area contributed by atoms with Crippen molar-refractivity contribution in [1.29, 1.82) is 0 Å². The van der Waals surface area contributed by atoms with Crippen LogP contribution in [-0.4, -0.2) is 19.8 Å². The van der Waals surface area contributed by atoms with Crippen molar-refractivity contribution in [2.24, 2.45) is 0 Å². The van der Waals surface area contributed by atoms with E-state index in [0.717, 1.165) is 5.46 Å². The van der Waals surface area contributed by atoms with Gasteiger partial charge in [-0.25, -0.2) is 0 Å². The molecule has 1 radical (unpaired) electrons. The summed E-state index contributed by atoms with van der Waals surface area (Å²) >= 11 is 0. The summed E-state index contributed by atoms with van der Waals surface area (Å²) in [6.07, 6.45) is 0. The van der Waals surface area contributed by atoms with Gasteiger partial charge in [-0.2, -0.15) is 0 Å². The molecule has 0 heterocycles. The average molecular weight is 161 g/mol. The second-order valence-corrected chi connectivity index (χ2v) is 2.42. The van der Waals surface area contributed by atoms with E-state index in [0.29, 0.717) is 6.51 Å². The van der Waals surface area contributed by atoms with E-state index < -0.39 is 0 Å². The lowest BCUT2D eigenvalue weighted by Gasteiger charge is -1.99. The molecule has 0 N–H and O–H groups in total. The standard InChI is InChI=1S/C9H10BO2/c1-8(11)12-7-10-9-5-3-2-4-6-9/h2-6H,7H2,1H3. The summed E-state index contributed by atoms with van der Waals surface area (Å²) in [4.78, 5) is 10.4. The van der Waals surface area contributed by atoms with Crippen LogP contribution in [0.3, 0.4) is 0 Å². The van der Waals surface area contributed by atoms with Gasteiger partial charge in [0.15, 0.2) is 0 Å². The number of carbonyl (C=O) groups is 1. The highest BCUT2D eigenvalue weighted by atomic mass is 16.5. The molecule has 3 heteroatoms. The number of carbonyl (C=O) groups excluding carboxylic acids is 1. The van der Waals surface area contributed by atoms with Gasteiger partial charge in [0.25, 0.3) is 0 Å². The van der Waals surface area contributed by atoms with Crippen molar-refractivity contribution in [3.8, 4) is 0 Å². The minimum atomic E-state index is -0.248. The number of esters is 1. The van der Waals surface area contributed by atoms with Gasteiger partial charge in [0, 0.05) is 6.92 Å². The maximum absolute atomic E-state index is 10.4. The summed E-state index contributed by atoms with van der Waals surface area (Å²) in [5, 5.41) is 0. The zero-order valence-electron chi connectivity index (χ0n) is 6.99. The average Bonchev–Trinajstić information content (AvgIpc) is 2.05. The Morgan fingerprint density at radius 3 is 2.67 bits per heavy atom. The molecule has 0 fully saturated rings. The molecule has 61 valence electrons. The Morgan fingerprint density at radius 2 is 2.08 bits per heavy atom. The van der Waals surface area contributed by atoms with Crippen molar-refractivity contribution in [1.82, 2.24) is 0 Å². The molecule has 0 aromatic heterocycles. The van der Waals surface area contributed by atoms with Crippen LogP contribution in [0.1, 0.15) is 6.92 Å². The topological polar surface area (TPSA) is 26.3 Å². The Bertz CT molecular complexity index is 246. The molecule has 0 saturated heterocycles. The second-order valence-electron chi connectivity index (χ2n) is 2.42. The fourth-order valence-electron chi connectivity index (χ4n) is 0.844. The van der Waals surface area contributed by atoms with Gasteiger partial charge < -0.3 is 4.74 Å². The molecule has 0 bridgehead atoms. The summed E-state index contributed by atoms with van der Waals surface area (Å²) in [6.45, 7) is 1.75. The first kappa shape index (κ1) is 8.85. The van der Waals surface area contributed by atoms with E-state index >= 15 is 0 Å². The van der Waals surface area contributed by atoms with Gasteiger partial charge in [-0.1, -0.05) is 35.8 Å². The lowest BCUT2D eigenvalue weighted by Crippen LogP contribution is -2.20. The van der Waals surface area contributed by atoms with Crippen molar-refractivity contribution < 1.29 is 9.53 Å². The van der Waals surface area contributed by atoms with Crippen molar-refractivity contribution in [2.75, 3.05) is 6.51 Å². The lowest BCUT2D eigenvalue weighted by molar-refractivity contribution is -0.138. The van der Waals surface area contributed by atoms with Crippen LogP contribution in [0.25, 0.3) is 0 Å². The monoisotopic (exact) mass is 161 g/mol. The summed E-state index contributed by atoms with van der Waals surface area (Å²) in [7, 11) is 1.86. The van der Waals surface area contributed by atoms with Crippen molar-refractivity contribution in [3.05, 3.63) is 30.3 Å². The van der Waals surface area contributed by atoms with Crippen LogP contribution in [0.4, 0.5) is 0 Å². The SMILES string of the molecule is CC(=O)OC[B]c1ccccc1. The molecule has 0 unspecified atom stereocenters. The molecule has 0 amide bonds. The minimum Gasteiger partial charge on any atom is -0.475 e. The van der Waals surface area contributed by atoms with Crippen LogP contribution in [0, 0.1) is 0 Å². The van der Waals surface area contributed by atoms with E-state index in [1.807, 2.05) is 37.6 Å². The van der Waals surface area contributed by atoms with Crippen molar-refractivity contribution in [3.63, 3.8) is 0 Å². The first-order chi connectivity index (χ1) is 5.79. The number of ether oxygens (including phenoxy) is 1. The lowest BCUT2D eigenvalue weighted by atomic mass is 9.72. The molecule has 0 spiro atoms. The van der Waals surface area contributed by atoms with Gasteiger partial charge in [-0.3, -0.25) is 4.79 Å². The first-order valence-corrected chi connectivity index (χ1v) is 3.80. The minimum absolute atomic E-state index is 0.248. The van der Waals surface area contributed by atoms with Gasteiger partial charge in [0.1, 0.15) is 0 Å². The molecule has 0 saturated carbocycles. The van der Waals surface area contributed by atoms with Crippen LogP contribution >= 0.6 is 0 Å². The Balaban J connectivity index is 2.29. The highest BCUT2D eigenvalue weighted by Crippen LogP contribution is 1.82. The molecule has 0 aliphatic rings. The van der Waals surface area contributed by atoms with E-state index in [1.54, 1.807) is 0 Å². The maximum Gasteiger partial charge on any atom is 0.301 e. The number of rotatable bonds is 3. The van der Waals surface area contributed by atoms with Crippen LogP contribution in [0.2, 0.25) is 0 Å². The van der Waals surface area contributed by atoms with Crippen LogP contribution < -0.4 is 5.46 Å². The molecule has 0 aliphatic heterocycles. The number of benzene rings is 1. The molecular formula is C9H10BO2. The second kappa shape index (κ2) is 4.60. The summed E-state index contributed by atoms with van der Waals surface area (Å²) in [5.74, 6) is -0.248. The molecular weight excluding hydrogens is 151 g/mol. The maximum atomic E-state index is 10.4. The molecule has 1 aromatic rings. The molecule has 12 heavy (non-hydrogen) atoms. The van der Waals surface area contributed by atoms with Crippen molar-refractivity contribution in [2.45, 2.75) is 6.92 Å². The summed E-state index contributed by atoms with van der Waals surface area (Å²) < 4.78 is 4.75. The van der Waals surface area contributed by atoms with Crippen LogP contribution in [0.5, 0.6) is 0 Å². The Labute approximate surface area is 72.8 Å². The molecule has 1 rings (SSSR count). The molecule has 0 aliphatic carbocycles. The highest BCUT2D eigenvalue weighted by Gasteiger charge is 1.96. The van der Waals surface area contributed by atoms with E-state index in [9.17, 15) is 4.79 Å². The number of hydrogen-bond donors (Lipinski definition) is 0. The Morgan fingerprint density at radius 1 is 1.42 bits per heavy atom. The van der Waals surface area contributed by atoms with E-state index in [-0.39, 0.29) is 5.97 Å². The van der Waals surface area contributed by atoms with E-state index in [2.05, 4.69) is 0 Å². The Hall–Kier alpha value is -1.25. The van der Waals surface area contributed by atoms with E-state index in [1.165, 1.54) is 6.92 Å². The predicted octanol–water partition coefficient (Wildman–Crippen LogP) is 0.537. The van der Waals surface area contributed by atoms with E-state index in [4.69, 9.17) is 4.74 Å². The highest BCUT2D eigenvalue weighted by molar-refractivity contribution is 6.53. The molecule has 0 atom stereocenters. The third kappa shape index (κ3) is 3.24. The van der Waals surface area contributed by atoms with Gasteiger partial charge >= 0.3 is 5.97 Å². The molecule has 2 nitrogen and oxygen atoms in total. The van der Waals surface area contributed by atoms with Gasteiger partial charge in [-0.15, -0.1) is 0 Å². The Kier molecular flexibility index (Phi) is 3.39. The fourth-order valence-corrected chi connectivity index (χ4v) is 0.844. The fraction of sp³-hybridized carbons (Fsp3) is 0.222. The number of hydrogen-bond acceptors (Lipinski definition) is 2. The van der Waals surface area contributed by atoms with Gasteiger partial charge in [0.05, 0.1) is 6.51 Å². The van der Waals surface area contributed by atoms with Crippen molar-refractivity contribution >= 4 is 18.7 Å². The van der Waals surface area contributed by atoms with Crippen LogP contribution in [-0.2, 0) is 9.53 Å². The zero-order valence-corrected chi connectivity index (χ0v) is 6.99. The predicted molar refractivity (Wildman–Crippen MR) is 48.5 cm³/mol. The van der Waals surface area contributed by atoms with Crippen LogP contribution in [0.15, 0.2) is 30.3 Å². The summed E-state index contributed by atoms with van der Waals surface area (Å²) in [5.41, 5.74) is 1.07. The largest absolute Gasteiger partial charge is 0.475 e. The first-order valence-electron chi connectivity index (χ1n) is 3.80. The zero-order chi connectivity index (χ0) is 8.81. The quantitative estimate of drug-likeness (QED) is 0.477.